The number of likely N-dealkylation sites (N-methyl/N-ethyl adjacent to an activating group) is 1. The molecule has 0 spiro atoms. The maximum absolute atomic E-state index is 12.9. The summed E-state index contributed by atoms with van der Waals surface area (Å²) in [6, 6.07) is 3.47. The Balaban J connectivity index is 2.41. The molecule has 0 fully saturated rings. The van der Waals surface area contributed by atoms with Crippen molar-refractivity contribution in [2.24, 2.45) is 0 Å². The highest BCUT2D eigenvalue weighted by atomic mass is 79.9. The van der Waals surface area contributed by atoms with Crippen molar-refractivity contribution in [3.05, 3.63) is 45.6 Å². The highest BCUT2D eigenvalue weighted by Gasteiger charge is 2.32. The van der Waals surface area contributed by atoms with Crippen molar-refractivity contribution >= 4 is 15.9 Å². The summed E-state index contributed by atoms with van der Waals surface area (Å²) in [7, 11) is 0. The molecular formula is C15H17BrF3NO. The molecule has 0 amide bonds. The van der Waals surface area contributed by atoms with E-state index in [0.717, 1.165) is 24.5 Å². The summed E-state index contributed by atoms with van der Waals surface area (Å²) in [5.74, 6) is 0. The predicted octanol–water partition coefficient (Wildman–Crippen LogP) is 4.81. The number of halogens is 4. The van der Waals surface area contributed by atoms with Crippen LogP contribution in [-0.4, -0.2) is 13.2 Å². The topological polar surface area (TPSA) is 21.3 Å². The fraction of sp³-hybridized carbons (Fsp3) is 0.467. The Hall–Kier alpha value is -1.01. The van der Waals surface area contributed by atoms with E-state index in [2.05, 4.69) is 21.2 Å². The molecule has 0 aromatic heterocycles. The summed E-state index contributed by atoms with van der Waals surface area (Å²) in [5, 5.41) is 3.24. The SMILES string of the molecule is CCNC(C1=COCCC1)c1cc(C(F)(F)F)ccc1Br. The van der Waals surface area contributed by atoms with Gasteiger partial charge >= 0.3 is 6.18 Å². The fourth-order valence-electron chi connectivity index (χ4n) is 2.38. The Kier molecular flexibility index (Phi) is 5.32. The van der Waals surface area contributed by atoms with E-state index in [4.69, 9.17) is 4.74 Å². The Morgan fingerprint density at radius 1 is 1.38 bits per heavy atom. The second-order valence-electron chi connectivity index (χ2n) is 4.89. The van der Waals surface area contributed by atoms with Gasteiger partial charge in [-0.15, -0.1) is 0 Å². The van der Waals surface area contributed by atoms with Crippen LogP contribution >= 0.6 is 15.9 Å². The van der Waals surface area contributed by atoms with E-state index in [1.807, 2.05) is 6.92 Å². The molecule has 2 rings (SSSR count). The molecule has 1 aliphatic rings. The van der Waals surface area contributed by atoms with Crippen molar-refractivity contribution in [3.8, 4) is 0 Å². The lowest BCUT2D eigenvalue weighted by Gasteiger charge is -2.26. The molecule has 1 aromatic carbocycles. The largest absolute Gasteiger partial charge is 0.501 e. The first-order valence-electron chi connectivity index (χ1n) is 6.84. The monoisotopic (exact) mass is 363 g/mol. The standard InChI is InChI=1S/C15H17BrF3NO/c1-2-20-14(10-4-3-7-21-9-10)12-8-11(15(17,18)19)5-6-13(12)16/h5-6,8-9,14,20H,2-4,7H2,1H3. The minimum absolute atomic E-state index is 0.271. The van der Waals surface area contributed by atoms with Gasteiger partial charge in [-0.1, -0.05) is 22.9 Å². The second kappa shape index (κ2) is 6.83. The van der Waals surface area contributed by atoms with Crippen LogP contribution in [0.2, 0.25) is 0 Å². The number of hydrogen-bond donors (Lipinski definition) is 1. The molecule has 0 aliphatic carbocycles. The van der Waals surface area contributed by atoms with Crippen molar-refractivity contribution in [3.63, 3.8) is 0 Å². The number of rotatable bonds is 4. The molecule has 0 saturated carbocycles. The molecule has 0 saturated heterocycles. The van der Waals surface area contributed by atoms with Gasteiger partial charge in [0.15, 0.2) is 0 Å². The van der Waals surface area contributed by atoms with Crippen molar-refractivity contribution in [1.29, 1.82) is 0 Å². The second-order valence-corrected chi connectivity index (χ2v) is 5.75. The third kappa shape index (κ3) is 4.01. The lowest BCUT2D eigenvalue weighted by molar-refractivity contribution is -0.137. The van der Waals surface area contributed by atoms with Crippen LogP contribution < -0.4 is 5.32 Å². The summed E-state index contributed by atoms with van der Waals surface area (Å²) >= 11 is 3.36. The van der Waals surface area contributed by atoms with Crippen molar-refractivity contribution < 1.29 is 17.9 Å². The number of alkyl halides is 3. The van der Waals surface area contributed by atoms with E-state index in [1.165, 1.54) is 12.1 Å². The van der Waals surface area contributed by atoms with Gasteiger partial charge in [0, 0.05) is 4.47 Å². The molecule has 1 aromatic rings. The predicted molar refractivity (Wildman–Crippen MR) is 78.8 cm³/mol. The molecule has 6 heteroatoms. The van der Waals surface area contributed by atoms with E-state index in [9.17, 15) is 13.2 Å². The summed E-state index contributed by atoms with van der Waals surface area (Å²) < 4.78 is 44.7. The Morgan fingerprint density at radius 2 is 2.14 bits per heavy atom. The average molecular weight is 364 g/mol. The fourth-order valence-corrected chi connectivity index (χ4v) is 2.86. The number of ether oxygens (including phenoxy) is 1. The Bertz CT molecular complexity index is 528. The minimum atomic E-state index is -4.34. The molecule has 116 valence electrons. The van der Waals surface area contributed by atoms with Crippen molar-refractivity contribution in [1.82, 2.24) is 5.32 Å². The quantitative estimate of drug-likeness (QED) is 0.828. The van der Waals surface area contributed by atoms with Crippen LogP contribution in [-0.2, 0) is 10.9 Å². The molecular weight excluding hydrogens is 347 g/mol. The number of nitrogens with one attached hydrogen (secondary N) is 1. The number of hydrogen-bond acceptors (Lipinski definition) is 2. The van der Waals surface area contributed by atoms with Gasteiger partial charge in [0.25, 0.3) is 0 Å². The Labute approximate surface area is 130 Å². The van der Waals surface area contributed by atoms with Crippen LogP contribution in [0.15, 0.2) is 34.5 Å². The smallest absolute Gasteiger partial charge is 0.416 e. The third-order valence-corrected chi connectivity index (χ3v) is 4.10. The van der Waals surface area contributed by atoms with Gasteiger partial charge in [0.1, 0.15) is 0 Å². The molecule has 1 N–H and O–H groups in total. The van der Waals surface area contributed by atoms with Gasteiger partial charge in [-0.2, -0.15) is 13.2 Å². The highest BCUT2D eigenvalue weighted by molar-refractivity contribution is 9.10. The van der Waals surface area contributed by atoms with E-state index in [-0.39, 0.29) is 6.04 Å². The van der Waals surface area contributed by atoms with Gasteiger partial charge in [-0.3, -0.25) is 0 Å². The van der Waals surface area contributed by atoms with Crippen LogP contribution in [0.25, 0.3) is 0 Å². The zero-order chi connectivity index (χ0) is 15.5. The molecule has 1 unspecified atom stereocenters. The maximum atomic E-state index is 12.9. The molecule has 1 aliphatic heterocycles. The molecule has 1 heterocycles. The zero-order valence-corrected chi connectivity index (χ0v) is 13.2. The Morgan fingerprint density at radius 3 is 2.71 bits per heavy atom. The minimum Gasteiger partial charge on any atom is -0.501 e. The van der Waals surface area contributed by atoms with Gasteiger partial charge < -0.3 is 10.1 Å². The number of benzene rings is 1. The molecule has 0 bridgehead atoms. The highest BCUT2D eigenvalue weighted by Crippen LogP contribution is 2.37. The van der Waals surface area contributed by atoms with E-state index < -0.39 is 11.7 Å². The van der Waals surface area contributed by atoms with E-state index in [0.29, 0.717) is 23.2 Å². The lowest BCUT2D eigenvalue weighted by atomic mass is 9.94. The van der Waals surface area contributed by atoms with Crippen LogP contribution in [0.5, 0.6) is 0 Å². The summed E-state index contributed by atoms with van der Waals surface area (Å²) in [5.41, 5.74) is 0.924. The third-order valence-electron chi connectivity index (χ3n) is 3.38. The van der Waals surface area contributed by atoms with Gasteiger partial charge in [-0.25, -0.2) is 0 Å². The van der Waals surface area contributed by atoms with Crippen LogP contribution in [0.4, 0.5) is 13.2 Å². The summed E-state index contributed by atoms with van der Waals surface area (Å²) in [6.45, 7) is 3.25. The van der Waals surface area contributed by atoms with Crippen LogP contribution in [0.1, 0.15) is 36.9 Å². The molecule has 1 atom stereocenters. The molecule has 0 radical (unpaired) electrons. The van der Waals surface area contributed by atoms with E-state index >= 15 is 0 Å². The summed E-state index contributed by atoms with van der Waals surface area (Å²) in [4.78, 5) is 0. The normalized spacial score (nSPS) is 17.1. The first kappa shape index (κ1) is 16.4. The lowest BCUT2D eigenvalue weighted by Crippen LogP contribution is -2.25. The van der Waals surface area contributed by atoms with Crippen molar-refractivity contribution in [2.45, 2.75) is 32.0 Å². The summed E-state index contributed by atoms with van der Waals surface area (Å²) in [6.07, 6.45) is -0.974. The average Bonchev–Trinajstić information content (AvgIpc) is 2.45. The van der Waals surface area contributed by atoms with Crippen molar-refractivity contribution in [2.75, 3.05) is 13.2 Å². The van der Waals surface area contributed by atoms with Gasteiger partial charge in [0.05, 0.1) is 24.5 Å². The van der Waals surface area contributed by atoms with E-state index in [1.54, 1.807) is 6.26 Å². The van der Waals surface area contributed by atoms with Gasteiger partial charge in [-0.05, 0) is 48.7 Å². The zero-order valence-electron chi connectivity index (χ0n) is 11.6. The molecule has 21 heavy (non-hydrogen) atoms. The van der Waals surface area contributed by atoms with Crippen LogP contribution in [0, 0.1) is 0 Å². The first-order valence-corrected chi connectivity index (χ1v) is 7.63. The molecule has 2 nitrogen and oxygen atoms in total. The van der Waals surface area contributed by atoms with Crippen LogP contribution in [0.3, 0.4) is 0 Å². The first-order chi connectivity index (χ1) is 9.93. The maximum Gasteiger partial charge on any atom is 0.416 e. The van der Waals surface area contributed by atoms with Gasteiger partial charge in [0.2, 0.25) is 0 Å².